The van der Waals surface area contributed by atoms with Crippen LogP contribution in [0.5, 0.6) is 5.75 Å². The number of nitrogens with zero attached hydrogens (tertiary/aromatic N) is 2. The summed E-state index contributed by atoms with van der Waals surface area (Å²) in [5.41, 5.74) is 5.21. The number of aromatic nitrogens is 2. The van der Waals surface area contributed by atoms with E-state index in [0.29, 0.717) is 0 Å². The first-order chi connectivity index (χ1) is 13.8. The van der Waals surface area contributed by atoms with Crippen LogP contribution < -0.4 is 4.74 Å². The Hall–Kier alpha value is -3.33. The van der Waals surface area contributed by atoms with Crippen molar-refractivity contribution < 1.29 is 4.74 Å². The van der Waals surface area contributed by atoms with Crippen molar-refractivity contribution in [2.75, 3.05) is 7.11 Å². The number of aryl methyl sites for hydroxylation is 3. The van der Waals surface area contributed by atoms with Crippen LogP contribution in [-0.2, 0) is 13.0 Å². The van der Waals surface area contributed by atoms with Crippen LogP contribution in [0.15, 0.2) is 73.1 Å². The van der Waals surface area contributed by atoms with Crippen molar-refractivity contribution in [3.63, 3.8) is 0 Å². The first kappa shape index (κ1) is 16.8. The topological polar surface area (TPSA) is 27.1 Å². The molecule has 0 aliphatic heterocycles. The van der Waals surface area contributed by atoms with Crippen LogP contribution in [0.3, 0.4) is 0 Å². The van der Waals surface area contributed by atoms with E-state index in [1.807, 2.05) is 12.4 Å². The molecule has 0 aliphatic carbocycles. The van der Waals surface area contributed by atoms with Gasteiger partial charge in [0.1, 0.15) is 5.75 Å². The second-order valence-corrected chi connectivity index (χ2v) is 7.26. The minimum absolute atomic E-state index is 0.888. The van der Waals surface area contributed by atoms with Crippen molar-refractivity contribution in [2.45, 2.75) is 19.9 Å². The van der Waals surface area contributed by atoms with E-state index >= 15 is 0 Å². The molecule has 0 saturated carbocycles. The summed E-state index contributed by atoms with van der Waals surface area (Å²) in [5.74, 6) is 0.888. The maximum atomic E-state index is 5.51. The summed E-state index contributed by atoms with van der Waals surface area (Å²) in [7, 11) is 1.72. The Kier molecular flexibility index (Phi) is 4.01. The number of hydrogen-bond acceptors (Lipinski definition) is 2. The van der Waals surface area contributed by atoms with Crippen molar-refractivity contribution in [1.82, 2.24) is 9.55 Å². The van der Waals surface area contributed by atoms with Crippen LogP contribution in [-0.4, -0.2) is 16.7 Å². The molecule has 0 bridgehead atoms. The smallest absolute Gasteiger partial charge is 0.119 e. The standard InChI is InChI=1S/C25H22N2O/c1-17-21-10-12-26-16-19(21)14-23-22-15-20(28-2)8-9-24(22)27(25(17)23)13-11-18-6-4-3-5-7-18/h3-10,12,14-16H,11,13H2,1-2H3. The van der Waals surface area contributed by atoms with Gasteiger partial charge in [-0.05, 0) is 60.2 Å². The van der Waals surface area contributed by atoms with E-state index in [1.54, 1.807) is 7.11 Å². The van der Waals surface area contributed by atoms with E-state index in [0.717, 1.165) is 18.7 Å². The minimum atomic E-state index is 0.888. The number of pyridine rings is 1. The van der Waals surface area contributed by atoms with Gasteiger partial charge in [-0.1, -0.05) is 30.3 Å². The molecule has 0 aliphatic rings. The van der Waals surface area contributed by atoms with Crippen LogP contribution in [0, 0.1) is 6.92 Å². The van der Waals surface area contributed by atoms with E-state index < -0.39 is 0 Å². The van der Waals surface area contributed by atoms with Gasteiger partial charge in [0.25, 0.3) is 0 Å². The van der Waals surface area contributed by atoms with Crippen molar-refractivity contribution in [3.8, 4) is 5.75 Å². The Morgan fingerprint density at radius 2 is 1.79 bits per heavy atom. The van der Waals surface area contributed by atoms with Crippen molar-refractivity contribution in [1.29, 1.82) is 0 Å². The lowest BCUT2D eigenvalue weighted by Crippen LogP contribution is -2.02. The van der Waals surface area contributed by atoms with Gasteiger partial charge in [-0.2, -0.15) is 0 Å². The SMILES string of the molecule is COc1ccc2c(c1)c1cc3cnccc3c(C)c1n2CCc1ccccc1. The van der Waals surface area contributed by atoms with E-state index in [1.165, 1.54) is 43.7 Å². The van der Waals surface area contributed by atoms with Gasteiger partial charge in [0.05, 0.1) is 12.6 Å². The number of hydrogen-bond donors (Lipinski definition) is 0. The van der Waals surface area contributed by atoms with Gasteiger partial charge >= 0.3 is 0 Å². The Balaban J connectivity index is 1.79. The van der Waals surface area contributed by atoms with Crippen molar-refractivity contribution in [3.05, 3.63) is 84.2 Å². The summed E-state index contributed by atoms with van der Waals surface area (Å²) in [6.07, 6.45) is 4.83. The number of methoxy groups -OCH3 is 1. The third-order valence-electron chi connectivity index (χ3n) is 5.69. The highest BCUT2D eigenvalue weighted by Gasteiger charge is 2.16. The van der Waals surface area contributed by atoms with E-state index in [-0.39, 0.29) is 0 Å². The third-order valence-corrected chi connectivity index (χ3v) is 5.69. The highest BCUT2D eigenvalue weighted by molar-refractivity contribution is 6.14. The van der Waals surface area contributed by atoms with Gasteiger partial charge < -0.3 is 9.30 Å². The Morgan fingerprint density at radius 3 is 2.61 bits per heavy atom. The zero-order valence-corrected chi connectivity index (χ0v) is 16.1. The number of rotatable bonds is 4. The predicted octanol–water partition coefficient (Wildman–Crippen LogP) is 5.90. The lowest BCUT2D eigenvalue weighted by atomic mass is 10.0. The average Bonchev–Trinajstić information content (AvgIpc) is 3.06. The van der Waals surface area contributed by atoms with Crippen LogP contribution in [0.1, 0.15) is 11.1 Å². The molecular weight excluding hydrogens is 344 g/mol. The molecule has 0 N–H and O–H groups in total. The maximum Gasteiger partial charge on any atom is 0.119 e. The fraction of sp³-hybridized carbons (Fsp3) is 0.160. The summed E-state index contributed by atoms with van der Waals surface area (Å²) in [5, 5.41) is 4.94. The lowest BCUT2D eigenvalue weighted by molar-refractivity contribution is 0.415. The molecule has 0 radical (unpaired) electrons. The Labute approximate surface area is 164 Å². The molecular formula is C25H22N2O. The molecule has 3 aromatic carbocycles. The molecule has 5 aromatic rings. The molecule has 2 heterocycles. The van der Waals surface area contributed by atoms with Gasteiger partial charge in [0.2, 0.25) is 0 Å². The zero-order valence-electron chi connectivity index (χ0n) is 16.1. The zero-order chi connectivity index (χ0) is 19.1. The predicted molar refractivity (Wildman–Crippen MR) is 116 cm³/mol. The Morgan fingerprint density at radius 1 is 0.929 bits per heavy atom. The van der Waals surface area contributed by atoms with E-state index in [2.05, 4.69) is 77.1 Å². The Bertz CT molecular complexity index is 1300. The molecule has 0 unspecified atom stereocenters. The molecule has 0 spiro atoms. The second kappa shape index (κ2) is 6.68. The van der Waals surface area contributed by atoms with Crippen LogP contribution in [0.4, 0.5) is 0 Å². The third kappa shape index (κ3) is 2.63. The fourth-order valence-corrected chi connectivity index (χ4v) is 4.30. The van der Waals surface area contributed by atoms with Gasteiger partial charge in [-0.15, -0.1) is 0 Å². The van der Waals surface area contributed by atoms with Crippen LogP contribution >= 0.6 is 0 Å². The molecule has 3 heteroatoms. The largest absolute Gasteiger partial charge is 0.497 e. The monoisotopic (exact) mass is 366 g/mol. The van der Waals surface area contributed by atoms with Crippen molar-refractivity contribution in [2.24, 2.45) is 0 Å². The molecule has 2 aromatic heterocycles. The number of ether oxygens (including phenoxy) is 1. The average molecular weight is 366 g/mol. The van der Waals surface area contributed by atoms with E-state index in [4.69, 9.17) is 4.74 Å². The maximum absolute atomic E-state index is 5.51. The molecule has 28 heavy (non-hydrogen) atoms. The van der Waals surface area contributed by atoms with Gasteiger partial charge in [0, 0.05) is 40.6 Å². The van der Waals surface area contributed by atoms with Crippen molar-refractivity contribution >= 4 is 32.6 Å². The number of fused-ring (bicyclic) bond motifs is 4. The van der Waals surface area contributed by atoms with E-state index in [9.17, 15) is 0 Å². The van der Waals surface area contributed by atoms with Gasteiger partial charge in [0.15, 0.2) is 0 Å². The summed E-state index contributed by atoms with van der Waals surface area (Å²) in [6, 6.07) is 21.5. The fourth-order valence-electron chi connectivity index (χ4n) is 4.30. The normalized spacial score (nSPS) is 11.5. The second-order valence-electron chi connectivity index (χ2n) is 7.26. The molecule has 0 fully saturated rings. The summed E-state index contributed by atoms with van der Waals surface area (Å²) < 4.78 is 7.97. The highest BCUT2D eigenvalue weighted by atomic mass is 16.5. The van der Waals surface area contributed by atoms with Gasteiger partial charge in [-0.25, -0.2) is 0 Å². The summed E-state index contributed by atoms with van der Waals surface area (Å²) in [4.78, 5) is 4.33. The number of benzene rings is 3. The summed E-state index contributed by atoms with van der Waals surface area (Å²) in [6.45, 7) is 3.16. The minimum Gasteiger partial charge on any atom is -0.497 e. The molecule has 138 valence electrons. The van der Waals surface area contributed by atoms with Crippen LogP contribution in [0.25, 0.3) is 32.6 Å². The first-order valence-electron chi connectivity index (χ1n) is 9.63. The molecule has 0 saturated heterocycles. The summed E-state index contributed by atoms with van der Waals surface area (Å²) >= 11 is 0. The molecule has 3 nitrogen and oxygen atoms in total. The molecule has 0 amide bonds. The molecule has 0 atom stereocenters. The van der Waals surface area contributed by atoms with Crippen LogP contribution in [0.2, 0.25) is 0 Å². The highest BCUT2D eigenvalue weighted by Crippen LogP contribution is 2.37. The van der Waals surface area contributed by atoms with Gasteiger partial charge in [-0.3, -0.25) is 4.98 Å². The first-order valence-corrected chi connectivity index (χ1v) is 9.63. The quantitative estimate of drug-likeness (QED) is 0.396. The lowest BCUT2D eigenvalue weighted by Gasteiger charge is -2.11. The molecule has 5 rings (SSSR count).